The molecule has 5 nitrogen and oxygen atoms in total. The number of halogens is 2. The molecule has 0 amide bonds. The van der Waals surface area contributed by atoms with Gasteiger partial charge < -0.3 is 0 Å². The lowest BCUT2D eigenvalue weighted by atomic mass is 10.5. The van der Waals surface area contributed by atoms with Crippen molar-refractivity contribution < 1.29 is 8.42 Å². The maximum Gasteiger partial charge on any atom is 0.274 e. The molecule has 0 bridgehead atoms. The van der Waals surface area contributed by atoms with Crippen molar-refractivity contribution in [1.82, 2.24) is 9.97 Å². The van der Waals surface area contributed by atoms with Crippen LogP contribution in [0.1, 0.15) is 5.69 Å². The van der Waals surface area contributed by atoms with Crippen LogP contribution in [0.2, 0.25) is 5.15 Å². The first-order chi connectivity index (χ1) is 8.38. The summed E-state index contributed by atoms with van der Waals surface area (Å²) >= 11 is 10.0. The predicted molar refractivity (Wildman–Crippen MR) is 74.6 cm³/mol. The van der Waals surface area contributed by atoms with Gasteiger partial charge in [0.05, 0.1) is 0 Å². The Hall–Kier alpha value is -0.700. The SMILES string of the molecule is Cc1cc(Cl)nc(NS(=O)(=O)c2sccc2Br)n1. The lowest BCUT2D eigenvalue weighted by Crippen LogP contribution is -2.14. The van der Waals surface area contributed by atoms with E-state index < -0.39 is 10.0 Å². The molecule has 0 atom stereocenters. The maximum atomic E-state index is 12.1. The van der Waals surface area contributed by atoms with Gasteiger partial charge in [-0.25, -0.2) is 23.1 Å². The second-order valence-electron chi connectivity index (χ2n) is 3.32. The van der Waals surface area contributed by atoms with E-state index in [1.54, 1.807) is 24.4 Å². The van der Waals surface area contributed by atoms with Gasteiger partial charge in [0.15, 0.2) is 4.21 Å². The Kier molecular flexibility index (Phi) is 3.90. The molecule has 0 aliphatic rings. The quantitative estimate of drug-likeness (QED) is 0.845. The molecule has 0 radical (unpaired) electrons. The molecule has 0 saturated heterocycles. The number of aryl methyl sites for hydroxylation is 1. The van der Waals surface area contributed by atoms with Crippen LogP contribution in [0.3, 0.4) is 0 Å². The number of anilines is 1. The first kappa shape index (κ1) is 13.7. The van der Waals surface area contributed by atoms with E-state index in [1.807, 2.05) is 0 Å². The second kappa shape index (κ2) is 5.12. The first-order valence-corrected chi connectivity index (χ1v) is 8.19. The van der Waals surface area contributed by atoms with Gasteiger partial charge >= 0.3 is 0 Å². The van der Waals surface area contributed by atoms with Crippen LogP contribution in [0.15, 0.2) is 26.2 Å². The molecule has 0 aliphatic heterocycles. The Bertz CT molecular complexity index is 667. The maximum absolute atomic E-state index is 12.1. The number of hydrogen-bond acceptors (Lipinski definition) is 5. The highest BCUT2D eigenvalue weighted by molar-refractivity contribution is 9.10. The van der Waals surface area contributed by atoms with Crippen molar-refractivity contribution in [3.05, 3.63) is 32.8 Å². The molecular weight excluding hydrogens is 362 g/mol. The van der Waals surface area contributed by atoms with Crippen molar-refractivity contribution in [2.75, 3.05) is 4.72 Å². The Morgan fingerprint density at radius 2 is 2.17 bits per heavy atom. The highest BCUT2D eigenvalue weighted by Crippen LogP contribution is 2.28. The van der Waals surface area contributed by atoms with E-state index in [0.717, 1.165) is 11.3 Å². The third kappa shape index (κ3) is 3.00. The third-order valence-electron chi connectivity index (χ3n) is 1.88. The summed E-state index contributed by atoms with van der Waals surface area (Å²) in [4.78, 5) is 7.77. The van der Waals surface area contributed by atoms with Crippen molar-refractivity contribution >= 4 is 54.8 Å². The van der Waals surface area contributed by atoms with Gasteiger partial charge in [-0.2, -0.15) is 0 Å². The highest BCUT2D eigenvalue weighted by Gasteiger charge is 2.20. The van der Waals surface area contributed by atoms with Gasteiger partial charge in [0.2, 0.25) is 5.95 Å². The Morgan fingerprint density at radius 3 is 2.72 bits per heavy atom. The number of rotatable bonds is 3. The molecule has 0 aliphatic carbocycles. The zero-order valence-corrected chi connectivity index (χ0v) is 13.0. The van der Waals surface area contributed by atoms with Crippen molar-refractivity contribution in [3.8, 4) is 0 Å². The van der Waals surface area contributed by atoms with Crippen LogP contribution in [0.5, 0.6) is 0 Å². The zero-order valence-electron chi connectivity index (χ0n) is 9.02. The molecule has 18 heavy (non-hydrogen) atoms. The van der Waals surface area contributed by atoms with Crippen LogP contribution in [0, 0.1) is 6.92 Å². The van der Waals surface area contributed by atoms with Gasteiger partial charge in [0.1, 0.15) is 5.15 Å². The zero-order chi connectivity index (χ0) is 13.3. The van der Waals surface area contributed by atoms with E-state index in [1.165, 1.54) is 0 Å². The minimum atomic E-state index is -3.70. The smallest absolute Gasteiger partial charge is 0.246 e. The van der Waals surface area contributed by atoms with Crippen molar-refractivity contribution in [2.45, 2.75) is 11.1 Å². The number of sulfonamides is 1. The van der Waals surface area contributed by atoms with Crippen LogP contribution in [-0.2, 0) is 10.0 Å². The number of aromatic nitrogens is 2. The van der Waals surface area contributed by atoms with Gasteiger partial charge in [-0.3, -0.25) is 0 Å². The van der Waals surface area contributed by atoms with E-state index in [0.29, 0.717) is 10.2 Å². The molecule has 0 spiro atoms. The lowest BCUT2D eigenvalue weighted by Gasteiger charge is -2.06. The molecule has 0 fully saturated rings. The predicted octanol–water partition coefficient (Wildman–Crippen LogP) is 3.06. The van der Waals surface area contributed by atoms with Gasteiger partial charge in [-0.05, 0) is 40.4 Å². The van der Waals surface area contributed by atoms with Crippen molar-refractivity contribution in [1.29, 1.82) is 0 Å². The molecule has 1 N–H and O–H groups in total. The Morgan fingerprint density at radius 1 is 1.44 bits per heavy atom. The minimum absolute atomic E-state index is 0.0414. The average Bonchev–Trinajstić information content (AvgIpc) is 2.62. The summed E-state index contributed by atoms with van der Waals surface area (Å²) in [6.07, 6.45) is 0. The summed E-state index contributed by atoms with van der Waals surface area (Å²) in [5.41, 5.74) is 0.581. The molecular formula is C9H7BrClN3O2S2. The van der Waals surface area contributed by atoms with E-state index >= 15 is 0 Å². The van der Waals surface area contributed by atoms with Crippen LogP contribution < -0.4 is 4.72 Å². The van der Waals surface area contributed by atoms with Gasteiger partial charge in [-0.1, -0.05) is 11.6 Å². The molecule has 9 heteroatoms. The van der Waals surface area contributed by atoms with Gasteiger partial charge in [-0.15, -0.1) is 11.3 Å². The molecule has 0 unspecified atom stereocenters. The fourth-order valence-electron chi connectivity index (χ4n) is 1.21. The number of nitrogens with one attached hydrogen (secondary N) is 1. The standard InChI is InChI=1S/C9H7BrClN3O2S2/c1-5-4-7(11)13-9(12-5)14-18(15,16)8-6(10)2-3-17-8/h2-4H,1H3,(H,12,13,14). The monoisotopic (exact) mass is 367 g/mol. The summed E-state index contributed by atoms with van der Waals surface area (Å²) < 4.78 is 27.1. The molecule has 2 aromatic rings. The average molecular weight is 369 g/mol. The number of hydrogen-bond donors (Lipinski definition) is 1. The van der Waals surface area contributed by atoms with Crippen LogP contribution in [0.4, 0.5) is 5.95 Å². The lowest BCUT2D eigenvalue weighted by molar-refractivity contribution is 0.602. The van der Waals surface area contributed by atoms with E-state index in [9.17, 15) is 8.42 Å². The van der Waals surface area contributed by atoms with Crippen LogP contribution in [0.25, 0.3) is 0 Å². The number of thiophene rings is 1. The fraction of sp³-hybridized carbons (Fsp3) is 0.111. The van der Waals surface area contributed by atoms with Crippen molar-refractivity contribution in [3.63, 3.8) is 0 Å². The Labute approximate surface area is 121 Å². The molecule has 0 aromatic carbocycles. The number of nitrogens with zero attached hydrogens (tertiary/aromatic N) is 2. The third-order valence-corrected chi connectivity index (χ3v) is 6.07. The topological polar surface area (TPSA) is 72.0 Å². The summed E-state index contributed by atoms with van der Waals surface area (Å²) in [7, 11) is -3.70. The molecule has 2 rings (SSSR count). The van der Waals surface area contributed by atoms with E-state index in [4.69, 9.17) is 11.6 Å². The summed E-state index contributed by atoms with van der Waals surface area (Å²) in [5, 5.41) is 1.85. The Balaban J connectivity index is 2.37. The largest absolute Gasteiger partial charge is 0.274 e. The van der Waals surface area contributed by atoms with E-state index in [2.05, 4.69) is 30.6 Å². The fourth-order valence-corrected chi connectivity index (χ4v) is 4.73. The minimum Gasteiger partial charge on any atom is -0.246 e. The van der Waals surface area contributed by atoms with Crippen molar-refractivity contribution in [2.24, 2.45) is 0 Å². The van der Waals surface area contributed by atoms with Crippen LogP contribution in [-0.4, -0.2) is 18.4 Å². The molecule has 96 valence electrons. The molecule has 0 saturated carbocycles. The van der Waals surface area contributed by atoms with Gasteiger partial charge in [0, 0.05) is 10.2 Å². The second-order valence-corrected chi connectivity index (χ2v) is 7.35. The molecule has 2 aromatic heterocycles. The normalized spacial score (nSPS) is 11.5. The summed E-state index contributed by atoms with van der Waals surface area (Å²) in [5.74, 6) is -0.0414. The summed E-state index contributed by atoms with van der Waals surface area (Å²) in [6, 6.07) is 3.20. The molecule has 2 heterocycles. The van der Waals surface area contributed by atoms with Crippen LogP contribution >= 0.6 is 38.9 Å². The first-order valence-electron chi connectivity index (χ1n) is 4.65. The highest BCUT2D eigenvalue weighted by atomic mass is 79.9. The van der Waals surface area contributed by atoms with E-state index in [-0.39, 0.29) is 15.3 Å². The summed E-state index contributed by atoms with van der Waals surface area (Å²) in [6.45, 7) is 1.70. The van der Waals surface area contributed by atoms with Gasteiger partial charge in [0.25, 0.3) is 10.0 Å².